The van der Waals surface area contributed by atoms with Crippen LogP contribution in [0.3, 0.4) is 0 Å². The third-order valence-electron chi connectivity index (χ3n) is 4.72. The number of benzene rings is 1. The average molecular weight is 343 g/mol. The van der Waals surface area contributed by atoms with Crippen LogP contribution in [0.5, 0.6) is 0 Å². The molecule has 4 rings (SSSR count). The summed E-state index contributed by atoms with van der Waals surface area (Å²) in [7, 11) is 0. The standard InChI is InChI=1S/C18H14FNO5/c19-12-5-2-1-4-11(12)16-17-13(21)8-10(14-6-3-7-24-14)9-15(17)25-18(16)20(22)23/h1-7,10,16,18H,8-9H2. The van der Waals surface area contributed by atoms with Crippen molar-refractivity contribution < 1.29 is 23.3 Å². The van der Waals surface area contributed by atoms with Crippen LogP contribution < -0.4 is 0 Å². The van der Waals surface area contributed by atoms with Gasteiger partial charge in [0, 0.05) is 24.3 Å². The van der Waals surface area contributed by atoms with Gasteiger partial charge < -0.3 is 9.15 Å². The lowest BCUT2D eigenvalue weighted by molar-refractivity contribution is -0.570. The molecule has 1 aromatic carbocycles. The molecule has 0 N–H and O–H groups in total. The molecule has 6 nitrogen and oxygen atoms in total. The number of rotatable bonds is 3. The molecular formula is C18H14FNO5. The molecular weight excluding hydrogens is 329 g/mol. The largest absolute Gasteiger partial charge is 0.469 e. The molecule has 1 aromatic heterocycles. The van der Waals surface area contributed by atoms with E-state index in [1.807, 2.05) is 0 Å². The molecule has 2 heterocycles. The SMILES string of the molecule is O=C1CC(c2ccco2)CC2=C1C(c1ccccc1F)C([N+](=O)[O-])O2. The normalized spacial score (nSPS) is 25.6. The average Bonchev–Trinajstić information content (AvgIpc) is 3.23. The minimum Gasteiger partial charge on any atom is -0.469 e. The van der Waals surface area contributed by atoms with Crippen molar-refractivity contribution in [3.63, 3.8) is 0 Å². The highest BCUT2D eigenvalue weighted by Gasteiger charge is 2.51. The van der Waals surface area contributed by atoms with E-state index in [0.717, 1.165) is 0 Å². The smallest absolute Gasteiger partial charge is 0.364 e. The van der Waals surface area contributed by atoms with E-state index >= 15 is 0 Å². The number of ether oxygens (including phenoxy) is 1. The van der Waals surface area contributed by atoms with Crippen LogP contribution in [-0.2, 0) is 9.53 Å². The molecule has 2 aromatic rings. The maximum absolute atomic E-state index is 14.2. The number of furan rings is 1. The van der Waals surface area contributed by atoms with Gasteiger partial charge in [0.25, 0.3) is 0 Å². The van der Waals surface area contributed by atoms with E-state index in [-0.39, 0.29) is 35.0 Å². The highest BCUT2D eigenvalue weighted by Crippen LogP contribution is 2.48. The number of carbonyl (C=O) groups is 1. The molecule has 0 spiro atoms. The van der Waals surface area contributed by atoms with Gasteiger partial charge in [-0.2, -0.15) is 0 Å². The Balaban J connectivity index is 1.77. The summed E-state index contributed by atoms with van der Waals surface area (Å²) in [5.41, 5.74) is 0.327. The summed E-state index contributed by atoms with van der Waals surface area (Å²) < 4.78 is 25.1. The number of carbonyl (C=O) groups excluding carboxylic acids is 1. The Morgan fingerprint density at radius 3 is 2.64 bits per heavy atom. The molecule has 3 atom stereocenters. The van der Waals surface area contributed by atoms with Crippen molar-refractivity contribution in [3.8, 4) is 0 Å². The van der Waals surface area contributed by atoms with Crippen molar-refractivity contribution in [2.24, 2.45) is 0 Å². The molecule has 128 valence electrons. The van der Waals surface area contributed by atoms with Gasteiger partial charge in [0.05, 0.1) is 16.8 Å². The van der Waals surface area contributed by atoms with Crippen LogP contribution in [0.1, 0.15) is 36.0 Å². The summed E-state index contributed by atoms with van der Waals surface area (Å²) in [4.78, 5) is 23.6. The maximum Gasteiger partial charge on any atom is 0.364 e. The van der Waals surface area contributed by atoms with E-state index in [4.69, 9.17) is 9.15 Å². The Morgan fingerprint density at radius 1 is 1.16 bits per heavy atom. The first-order valence-electron chi connectivity index (χ1n) is 7.90. The van der Waals surface area contributed by atoms with Crippen molar-refractivity contribution >= 4 is 5.78 Å². The monoisotopic (exact) mass is 343 g/mol. The summed E-state index contributed by atoms with van der Waals surface area (Å²) in [5.74, 6) is -1.20. The molecule has 0 radical (unpaired) electrons. The Hall–Kier alpha value is -2.96. The zero-order chi connectivity index (χ0) is 17.6. The number of hydrogen-bond acceptors (Lipinski definition) is 5. The lowest BCUT2D eigenvalue weighted by atomic mass is 9.79. The highest BCUT2D eigenvalue weighted by atomic mass is 19.1. The van der Waals surface area contributed by atoms with Crippen LogP contribution in [0.2, 0.25) is 0 Å². The number of halogens is 1. The second kappa shape index (κ2) is 5.84. The second-order valence-corrected chi connectivity index (χ2v) is 6.17. The van der Waals surface area contributed by atoms with E-state index in [1.54, 1.807) is 18.2 Å². The molecule has 7 heteroatoms. The first-order valence-corrected chi connectivity index (χ1v) is 7.90. The first-order chi connectivity index (χ1) is 12.1. The van der Waals surface area contributed by atoms with Crippen molar-refractivity contribution in [1.82, 2.24) is 0 Å². The lowest BCUT2D eigenvalue weighted by Crippen LogP contribution is -2.28. The van der Waals surface area contributed by atoms with Gasteiger partial charge in [0.1, 0.15) is 23.3 Å². The summed E-state index contributed by atoms with van der Waals surface area (Å²) >= 11 is 0. The maximum atomic E-state index is 14.2. The zero-order valence-corrected chi connectivity index (χ0v) is 13.1. The molecule has 2 aliphatic rings. The number of nitro groups is 1. The number of hydrogen-bond donors (Lipinski definition) is 0. The molecule has 3 unspecified atom stereocenters. The second-order valence-electron chi connectivity index (χ2n) is 6.17. The van der Waals surface area contributed by atoms with Crippen molar-refractivity contribution in [3.05, 3.63) is 81.2 Å². The van der Waals surface area contributed by atoms with Crippen LogP contribution in [0.25, 0.3) is 0 Å². The van der Waals surface area contributed by atoms with E-state index < -0.39 is 22.9 Å². The van der Waals surface area contributed by atoms with Crippen LogP contribution in [0.4, 0.5) is 4.39 Å². The quantitative estimate of drug-likeness (QED) is 0.629. The van der Waals surface area contributed by atoms with E-state index in [0.29, 0.717) is 12.2 Å². The predicted molar refractivity (Wildman–Crippen MR) is 83.7 cm³/mol. The van der Waals surface area contributed by atoms with E-state index in [2.05, 4.69) is 0 Å². The summed E-state index contributed by atoms with van der Waals surface area (Å²) in [5, 5.41) is 11.5. The fraction of sp³-hybridized carbons (Fsp3) is 0.278. The molecule has 0 bridgehead atoms. The van der Waals surface area contributed by atoms with Crippen LogP contribution >= 0.6 is 0 Å². The van der Waals surface area contributed by atoms with E-state index in [1.165, 1.54) is 24.5 Å². The minimum atomic E-state index is -1.50. The molecule has 0 saturated carbocycles. The zero-order valence-electron chi connectivity index (χ0n) is 13.1. The van der Waals surface area contributed by atoms with Crippen molar-refractivity contribution in [2.45, 2.75) is 30.9 Å². The van der Waals surface area contributed by atoms with Crippen LogP contribution in [0, 0.1) is 15.9 Å². The Morgan fingerprint density at radius 2 is 1.96 bits per heavy atom. The van der Waals surface area contributed by atoms with Gasteiger partial charge in [-0.3, -0.25) is 14.9 Å². The molecule has 0 saturated heterocycles. The third kappa shape index (κ3) is 2.52. The molecule has 25 heavy (non-hydrogen) atoms. The van der Waals surface area contributed by atoms with Crippen molar-refractivity contribution in [1.29, 1.82) is 0 Å². The Kier molecular flexibility index (Phi) is 3.63. The van der Waals surface area contributed by atoms with Crippen LogP contribution in [0.15, 0.2) is 58.4 Å². The number of allylic oxidation sites excluding steroid dienone is 1. The van der Waals surface area contributed by atoms with Gasteiger partial charge in [0.15, 0.2) is 5.78 Å². The van der Waals surface area contributed by atoms with Crippen molar-refractivity contribution in [2.75, 3.05) is 0 Å². The fourth-order valence-electron chi connectivity index (χ4n) is 3.64. The van der Waals surface area contributed by atoms with Gasteiger partial charge in [-0.25, -0.2) is 4.39 Å². The highest BCUT2D eigenvalue weighted by molar-refractivity contribution is 5.99. The van der Waals surface area contributed by atoms with E-state index in [9.17, 15) is 19.3 Å². The number of ketones is 1. The van der Waals surface area contributed by atoms with Gasteiger partial charge in [-0.1, -0.05) is 18.2 Å². The summed E-state index contributed by atoms with van der Waals surface area (Å²) in [6.07, 6.45) is 0.497. The molecule has 1 aliphatic carbocycles. The van der Waals surface area contributed by atoms with Gasteiger partial charge in [-0.15, -0.1) is 0 Å². The predicted octanol–water partition coefficient (Wildman–Crippen LogP) is 3.54. The molecule has 0 fully saturated rings. The van der Waals surface area contributed by atoms with Gasteiger partial charge in [-0.05, 0) is 18.2 Å². The number of nitrogens with zero attached hydrogens (tertiary/aromatic N) is 1. The Labute approximate surface area is 142 Å². The molecule has 0 amide bonds. The summed E-state index contributed by atoms with van der Waals surface area (Å²) in [6, 6.07) is 9.26. The molecule has 1 aliphatic heterocycles. The Bertz CT molecular complexity index is 873. The van der Waals surface area contributed by atoms with Crippen LogP contribution in [-0.4, -0.2) is 16.9 Å². The number of Topliss-reactive ketones (excluding diaryl/α,β-unsaturated/α-hetero) is 1. The topological polar surface area (TPSA) is 82.6 Å². The van der Waals surface area contributed by atoms with Gasteiger partial charge in [0.2, 0.25) is 0 Å². The fourth-order valence-corrected chi connectivity index (χ4v) is 3.64. The van der Waals surface area contributed by atoms with Gasteiger partial charge >= 0.3 is 6.23 Å². The minimum absolute atomic E-state index is 0.110. The lowest BCUT2D eigenvalue weighted by Gasteiger charge is -2.21. The first kappa shape index (κ1) is 15.6. The summed E-state index contributed by atoms with van der Waals surface area (Å²) in [6.45, 7) is 0. The third-order valence-corrected chi connectivity index (χ3v) is 4.72.